The summed E-state index contributed by atoms with van der Waals surface area (Å²) >= 11 is 0. The second kappa shape index (κ2) is 5.25. The van der Waals surface area contributed by atoms with Gasteiger partial charge in [0, 0.05) is 36.7 Å². The molecule has 4 nitrogen and oxygen atoms in total. The van der Waals surface area contributed by atoms with E-state index in [2.05, 4.69) is 45.4 Å². The van der Waals surface area contributed by atoms with E-state index in [1.54, 1.807) is 6.20 Å². The molecule has 4 heteroatoms. The smallest absolute Gasteiger partial charge is 0.131 e. The molecule has 3 aromatic rings. The van der Waals surface area contributed by atoms with Crippen LogP contribution in [-0.4, -0.2) is 22.0 Å². The van der Waals surface area contributed by atoms with Crippen molar-refractivity contribution in [3.8, 4) is 11.3 Å². The summed E-state index contributed by atoms with van der Waals surface area (Å²) in [5, 5.41) is 4.20. The minimum Gasteiger partial charge on any atom is -0.373 e. The summed E-state index contributed by atoms with van der Waals surface area (Å²) in [7, 11) is 1.87. The Hall–Kier alpha value is -2.49. The van der Waals surface area contributed by atoms with Crippen molar-refractivity contribution in [2.45, 2.75) is 13.3 Å². The number of hydrogen-bond donors (Lipinski definition) is 1. The third-order valence-electron chi connectivity index (χ3n) is 3.24. The molecule has 2 aromatic heterocycles. The Kier molecular flexibility index (Phi) is 3.29. The largest absolute Gasteiger partial charge is 0.373 e. The minimum atomic E-state index is 0.817. The predicted molar refractivity (Wildman–Crippen MR) is 81.7 cm³/mol. The van der Waals surface area contributed by atoms with Crippen LogP contribution in [0.25, 0.3) is 22.2 Å². The lowest BCUT2D eigenvalue weighted by atomic mass is 10.1. The number of anilines is 1. The normalized spacial score (nSPS) is 10.7. The van der Waals surface area contributed by atoms with Crippen LogP contribution in [0, 0.1) is 0 Å². The van der Waals surface area contributed by atoms with Crippen molar-refractivity contribution in [2.75, 3.05) is 12.4 Å². The molecule has 0 aliphatic heterocycles. The van der Waals surface area contributed by atoms with E-state index in [0.29, 0.717) is 0 Å². The highest BCUT2D eigenvalue weighted by Crippen LogP contribution is 2.23. The van der Waals surface area contributed by atoms with Crippen LogP contribution < -0.4 is 5.32 Å². The van der Waals surface area contributed by atoms with E-state index in [-0.39, 0.29) is 0 Å². The van der Waals surface area contributed by atoms with Gasteiger partial charge in [0.2, 0.25) is 0 Å². The van der Waals surface area contributed by atoms with Gasteiger partial charge in [-0.05, 0) is 18.2 Å². The molecular weight excluding hydrogens is 248 g/mol. The fraction of sp³-hybridized carbons (Fsp3) is 0.188. The topological polar surface area (TPSA) is 50.7 Å². The number of rotatable bonds is 3. The maximum Gasteiger partial charge on any atom is 0.131 e. The van der Waals surface area contributed by atoms with Gasteiger partial charge in [0.25, 0.3) is 0 Å². The molecule has 0 spiro atoms. The first kappa shape index (κ1) is 12.5. The molecule has 0 saturated carbocycles. The quantitative estimate of drug-likeness (QED) is 0.788. The summed E-state index contributed by atoms with van der Waals surface area (Å²) in [4.78, 5) is 13.4. The van der Waals surface area contributed by atoms with Crippen molar-refractivity contribution < 1.29 is 0 Å². The second-order valence-corrected chi connectivity index (χ2v) is 4.57. The fourth-order valence-corrected chi connectivity index (χ4v) is 2.17. The predicted octanol–water partition coefficient (Wildman–Crippen LogP) is 3.30. The molecule has 0 radical (unpaired) electrons. The van der Waals surface area contributed by atoms with Gasteiger partial charge in [0.05, 0.1) is 11.2 Å². The van der Waals surface area contributed by atoms with Crippen LogP contribution in [0.5, 0.6) is 0 Å². The monoisotopic (exact) mass is 264 g/mol. The zero-order valence-corrected chi connectivity index (χ0v) is 11.6. The Morgan fingerprint density at radius 3 is 2.80 bits per heavy atom. The fourth-order valence-electron chi connectivity index (χ4n) is 2.17. The summed E-state index contributed by atoms with van der Waals surface area (Å²) in [6.07, 6.45) is 2.62. The number of fused-ring (bicyclic) bond motifs is 1. The van der Waals surface area contributed by atoms with Gasteiger partial charge in [-0.2, -0.15) is 0 Å². The highest BCUT2D eigenvalue weighted by atomic mass is 15.0. The molecule has 0 aliphatic carbocycles. The Bertz CT molecular complexity index is 730. The van der Waals surface area contributed by atoms with E-state index in [4.69, 9.17) is 0 Å². The Labute approximate surface area is 117 Å². The second-order valence-electron chi connectivity index (χ2n) is 4.57. The highest BCUT2D eigenvalue weighted by Gasteiger charge is 2.06. The first-order valence-corrected chi connectivity index (χ1v) is 6.71. The van der Waals surface area contributed by atoms with Crippen molar-refractivity contribution in [3.05, 3.63) is 48.4 Å². The summed E-state index contributed by atoms with van der Waals surface area (Å²) in [5.41, 5.74) is 3.01. The molecule has 0 aliphatic rings. The molecule has 0 amide bonds. The van der Waals surface area contributed by atoms with E-state index in [1.165, 1.54) is 0 Å². The summed E-state index contributed by atoms with van der Waals surface area (Å²) in [6, 6.07) is 12.2. The van der Waals surface area contributed by atoms with Gasteiger partial charge in [-0.25, -0.2) is 9.97 Å². The SMILES string of the molecule is CCc1nc(NC)cc(-c2ccc3ncccc3c2)n1. The third kappa shape index (κ3) is 2.32. The molecule has 0 bridgehead atoms. The number of pyridine rings is 1. The van der Waals surface area contributed by atoms with Gasteiger partial charge in [0.1, 0.15) is 11.6 Å². The molecule has 0 fully saturated rings. The highest BCUT2D eigenvalue weighted by molar-refractivity contribution is 5.83. The zero-order valence-electron chi connectivity index (χ0n) is 11.6. The Balaban J connectivity index is 2.14. The lowest BCUT2D eigenvalue weighted by Gasteiger charge is -2.07. The minimum absolute atomic E-state index is 0.817. The maximum atomic E-state index is 4.61. The van der Waals surface area contributed by atoms with Crippen LogP contribution in [0.3, 0.4) is 0 Å². The van der Waals surface area contributed by atoms with Crippen molar-refractivity contribution in [2.24, 2.45) is 0 Å². The summed E-state index contributed by atoms with van der Waals surface area (Å²) < 4.78 is 0. The molecule has 20 heavy (non-hydrogen) atoms. The van der Waals surface area contributed by atoms with Gasteiger partial charge in [-0.3, -0.25) is 4.98 Å². The molecule has 3 rings (SSSR count). The molecule has 0 atom stereocenters. The Morgan fingerprint density at radius 2 is 2.00 bits per heavy atom. The van der Waals surface area contributed by atoms with Crippen molar-refractivity contribution in [3.63, 3.8) is 0 Å². The molecule has 1 aromatic carbocycles. The molecule has 0 unspecified atom stereocenters. The van der Waals surface area contributed by atoms with E-state index >= 15 is 0 Å². The van der Waals surface area contributed by atoms with E-state index < -0.39 is 0 Å². The number of benzene rings is 1. The van der Waals surface area contributed by atoms with Crippen LogP contribution in [-0.2, 0) is 6.42 Å². The van der Waals surface area contributed by atoms with Crippen LogP contribution in [0.4, 0.5) is 5.82 Å². The molecular formula is C16H16N4. The van der Waals surface area contributed by atoms with E-state index in [9.17, 15) is 0 Å². The maximum absolute atomic E-state index is 4.61. The van der Waals surface area contributed by atoms with Crippen molar-refractivity contribution in [1.29, 1.82) is 0 Å². The average Bonchev–Trinajstić information content (AvgIpc) is 2.53. The van der Waals surface area contributed by atoms with Gasteiger partial charge in [-0.1, -0.05) is 19.1 Å². The molecule has 2 heterocycles. The zero-order chi connectivity index (χ0) is 13.9. The van der Waals surface area contributed by atoms with E-state index in [1.807, 2.05) is 25.2 Å². The molecule has 0 saturated heterocycles. The number of aryl methyl sites for hydroxylation is 1. The number of aromatic nitrogens is 3. The first-order chi connectivity index (χ1) is 9.80. The third-order valence-corrected chi connectivity index (χ3v) is 3.24. The summed E-state index contributed by atoms with van der Waals surface area (Å²) in [5.74, 6) is 1.69. The molecule has 100 valence electrons. The van der Waals surface area contributed by atoms with Crippen LogP contribution in [0.2, 0.25) is 0 Å². The van der Waals surface area contributed by atoms with Crippen LogP contribution in [0.1, 0.15) is 12.7 Å². The Morgan fingerprint density at radius 1 is 1.10 bits per heavy atom. The standard InChI is InChI=1S/C16H16N4/c1-3-15-19-14(10-16(17-2)20-15)12-6-7-13-11(9-12)5-4-8-18-13/h4-10H,3H2,1-2H3,(H,17,19,20). The lowest BCUT2D eigenvalue weighted by molar-refractivity contribution is 0.945. The number of nitrogens with zero attached hydrogens (tertiary/aromatic N) is 3. The van der Waals surface area contributed by atoms with Crippen LogP contribution >= 0.6 is 0 Å². The number of hydrogen-bond acceptors (Lipinski definition) is 4. The summed E-state index contributed by atoms with van der Waals surface area (Å²) in [6.45, 7) is 2.06. The molecule has 1 N–H and O–H groups in total. The van der Waals surface area contributed by atoms with Crippen molar-refractivity contribution >= 4 is 16.7 Å². The van der Waals surface area contributed by atoms with Gasteiger partial charge >= 0.3 is 0 Å². The lowest BCUT2D eigenvalue weighted by Crippen LogP contribution is -2.00. The van der Waals surface area contributed by atoms with E-state index in [0.717, 1.165) is 40.2 Å². The van der Waals surface area contributed by atoms with Gasteiger partial charge < -0.3 is 5.32 Å². The first-order valence-electron chi connectivity index (χ1n) is 6.71. The van der Waals surface area contributed by atoms with Gasteiger partial charge in [0.15, 0.2) is 0 Å². The van der Waals surface area contributed by atoms with Crippen LogP contribution in [0.15, 0.2) is 42.6 Å². The number of nitrogens with one attached hydrogen (secondary N) is 1. The average molecular weight is 264 g/mol. The van der Waals surface area contributed by atoms with Crippen molar-refractivity contribution in [1.82, 2.24) is 15.0 Å². The van der Waals surface area contributed by atoms with Gasteiger partial charge in [-0.15, -0.1) is 0 Å².